The molecule has 0 saturated carbocycles. The van der Waals surface area contributed by atoms with Gasteiger partial charge in [0.1, 0.15) is 12.1 Å². The number of hydrogen-bond donors (Lipinski definition) is 0. The van der Waals surface area contributed by atoms with Crippen molar-refractivity contribution < 1.29 is 50.3 Å². The van der Waals surface area contributed by atoms with E-state index in [9.17, 15) is 45.5 Å². The Kier molecular flexibility index (Phi) is 5.71. The third-order valence-corrected chi connectivity index (χ3v) is 4.26. The minimum atomic E-state index is -5.23. The fourth-order valence-electron chi connectivity index (χ4n) is 3.07. The third-order valence-electron chi connectivity index (χ3n) is 4.26. The molecule has 2 fully saturated rings. The number of likely N-dealkylation sites (tertiary alicyclic amines) is 2. The molecule has 0 spiro atoms. The van der Waals surface area contributed by atoms with Crippen molar-refractivity contribution in [1.29, 1.82) is 0 Å². The Morgan fingerprint density at radius 2 is 1.04 bits per heavy atom. The molecule has 7 nitrogen and oxygen atoms in total. The van der Waals surface area contributed by atoms with Crippen molar-refractivity contribution in [2.75, 3.05) is 13.1 Å². The zero-order chi connectivity index (χ0) is 20.6. The number of halogens is 6. The molecule has 2 atom stereocenters. The Bertz CT molecular complexity index is 593. The fraction of sp³-hybridized carbons (Fsp3) is 0.714. The van der Waals surface area contributed by atoms with Crippen LogP contribution < -0.4 is 0 Å². The van der Waals surface area contributed by atoms with E-state index in [0.29, 0.717) is 0 Å². The van der Waals surface area contributed by atoms with E-state index in [2.05, 4.69) is 4.74 Å². The zero-order valence-electron chi connectivity index (χ0n) is 13.6. The minimum Gasteiger partial charge on any atom is -0.390 e. The second-order valence-electron chi connectivity index (χ2n) is 6.05. The summed E-state index contributed by atoms with van der Waals surface area (Å²) in [5.41, 5.74) is 0. The molecule has 0 radical (unpaired) electrons. The molecule has 0 aromatic rings. The Labute approximate surface area is 148 Å². The van der Waals surface area contributed by atoms with Crippen molar-refractivity contribution >= 4 is 23.8 Å². The number of alkyl halides is 6. The number of ether oxygens (including phenoxy) is 1. The monoisotopic (exact) mass is 404 g/mol. The Morgan fingerprint density at radius 1 is 0.704 bits per heavy atom. The van der Waals surface area contributed by atoms with Gasteiger partial charge >= 0.3 is 36.1 Å². The van der Waals surface area contributed by atoms with E-state index in [0.717, 1.165) is 0 Å². The lowest BCUT2D eigenvalue weighted by atomic mass is 10.2. The number of carbonyl (C=O) groups excluding carboxylic acids is 4. The van der Waals surface area contributed by atoms with Crippen molar-refractivity contribution in [1.82, 2.24) is 9.80 Å². The summed E-state index contributed by atoms with van der Waals surface area (Å²) in [5, 5.41) is 0. The largest absolute Gasteiger partial charge is 0.471 e. The molecule has 2 aliphatic heterocycles. The molecule has 0 N–H and O–H groups in total. The van der Waals surface area contributed by atoms with Gasteiger partial charge in [-0.15, -0.1) is 0 Å². The highest BCUT2D eigenvalue weighted by Gasteiger charge is 2.50. The summed E-state index contributed by atoms with van der Waals surface area (Å²) in [6, 6.07) is -3.34. The van der Waals surface area contributed by atoms with Crippen molar-refractivity contribution in [3.8, 4) is 0 Å². The lowest BCUT2D eigenvalue weighted by Gasteiger charge is -2.26. The van der Waals surface area contributed by atoms with Gasteiger partial charge in [0.15, 0.2) is 0 Å². The van der Waals surface area contributed by atoms with Crippen LogP contribution in [0.4, 0.5) is 26.3 Å². The predicted octanol–water partition coefficient (Wildman–Crippen LogP) is 1.16. The minimum absolute atomic E-state index is 0.0535. The first-order valence-corrected chi connectivity index (χ1v) is 7.85. The highest BCUT2D eigenvalue weighted by atomic mass is 19.4. The lowest BCUT2D eigenvalue weighted by Crippen LogP contribution is -2.50. The van der Waals surface area contributed by atoms with E-state index in [-0.39, 0.29) is 48.6 Å². The van der Waals surface area contributed by atoms with E-state index < -0.39 is 48.2 Å². The van der Waals surface area contributed by atoms with Crippen LogP contribution >= 0.6 is 0 Å². The molecule has 0 bridgehead atoms. The van der Waals surface area contributed by atoms with Crippen molar-refractivity contribution in [3.63, 3.8) is 0 Å². The first-order chi connectivity index (χ1) is 12.3. The van der Waals surface area contributed by atoms with Crippen LogP contribution in [0.25, 0.3) is 0 Å². The number of amides is 2. The van der Waals surface area contributed by atoms with E-state index in [4.69, 9.17) is 0 Å². The fourth-order valence-corrected chi connectivity index (χ4v) is 3.07. The lowest BCUT2D eigenvalue weighted by molar-refractivity contribution is -0.191. The highest BCUT2D eigenvalue weighted by molar-refractivity contribution is 5.96. The second kappa shape index (κ2) is 7.35. The van der Waals surface area contributed by atoms with E-state index in [1.807, 2.05) is 0 Å². The summed E-state index contributed by atoms with van der Waals surface area (Å²) in [6.45, 7) is -0.761. The number of nitrogens with zero attached hydrogens (tertiary/aromatic N) is 2. The highest BCUT2D eigenvalue weighted by Crippen LogP contribution is 2.28. The maximum absolute atomic E-state index is 12.5. The number of esters is 2. The summed E-state index contributed by atoms with van der Waals surface area (Å²) in [4.78, 5) is 47.0. The van der Waals surface area contributed by atoms with Crippen molar-refractivity contribution in [2.24, 2.45) is 0 Å². The van der Waals surface area contributed by atoms with Crippen molar-refractivity contribution in [2.45, 2.75) is 50.1 Å². The molecule has 2 rings (SSSR count). The van der Waals surface area contributed by atoms with Crippen LogP contribution in [-0.2, 0) is 23.9 Å². The SMILES string of the molecule is O=C(OC(=O)C1CCCN1C(=O)C(F)(F)F)C1CCCN1C(=O)C(F)(F)F. The average Bonchev–Trinajstić information content (AvgIpc) is 3.20. The average molecular weight is 404 g/mol. The first-order valence-electron chi connectivity index (χ1n) is 7.85. The van der Waals surface area contributed by atoms with E-state index >= 15 is 0 Å². The zero-order valence-corrected chi connectivity index (χ0v) is 13.6. The van der Waals surface area contributed by atoms with Gasteiger partial charge in [0.2, 0.25) is 0 Å². The van der Waals surface area contributed by atoms with Gasteiger partial charge in [-0.25, -0.2) is 9.59 Å². The standard InChI is InChI=1S/C14H14F6N2O5/c15-13(16,17)11(25)21-5-1-3-7(21)9(23)27-10(24)8-4-2-6-22(8)12(26)14(18,19)20/h7-8H,1-6H2. The van der Waals surface area contributed by atoms with Gasteiger partial charge in [0.05, 0.1) is 0 Å². The van der Waals surface area contributed by atoms with Crippen LogP contribution in [0.1, 0.15) is 25.7 Å². The molecular weight excluding hydrogens is 390 g/mol. The van der Waals surface area contributed by atoms with Crippen molar-refractivity contribution in [3.05, 3.63) is 0 Å². The summed E-state index contributed by atoms with van der Waals surface area (Å²) >= 11 is 0. The Hall–Kier alpha value is -2.34. The maximum Gasteiger partial charge on any atom is 0.471 e. The number of rotatable bonds is 2. The molecule has 2 unspecified atom stereocenters. The van der Waals surface area contributed by atoms with Gasteiger partial charge < -0.3 is 14.5 Å². The third kappa shape index (κ3) is 4.50. The number of carbonyl (C=O) groups is 4. The molecule has 2 aliphatic rings. The topological polar surface area (TPSA) is 84.0 Å². The van der Waals surface area contributed by atoms with Gasteiger partial charge in [0.25, 0.3) is 0 Å². The summed E-state index contributed by atoms with van der Waals surface area (Å²) in [7, 11) is 0. The number of hydrogen-bond acceptors (Lipinski definition) is 5. The van der Waals surface area contributed by atoms with Crippen LogP contribution in [0, 0.1) is 0 Å². The molecule has 0 aromatic heterocycles. The molecule has 2 amide bonds. The van der Waals surface area contributed by atoms with Gasteiger partial charge in [-0.2, -0.15) is 26.3 Å². The molecule has 0 aromatic carbocycles. The quantitative estimate of drug-likeness (QED) is 0.392. The Morgan fingerprint density at radius 3 is 1.33 bits per heavy atom. The van der Waals surface area contributed by atoms with Crippen LogP contribution in [0.15, 0.2) is 0 Å². The second-order valence-corrected chi connectivity index (χ2v) is 6.05. The van der Waals surface area contributed by atoms with Gasteiger partial charge in [-0.3, -0.25) is 9.59 Å². The van der Waals surface area contributed by atoms with Crippen LogP contribution in [0.5, 0.6) is 0 Å². The van der Waals surface area contributed by atoms with E-state index in [1.165, 1.54) is 0 Å². The normalized spacial score (nSPS) is 23.5. The predicted molar refractivity (Wildman–Crippen MR) is 72.7 cm³/mol. The molecule has 2 heterocycles. The first kappa shape index (κ1) is 21.0. The van der Waals surface area contributed by atoms with Gasteiger partial charge in [0, 0.05) is 13.1 Å². The van der Waals surface area contributed by atoms with Crippen LogP contribution in [-0.4, -0.2) is 71.1 Å². The van der Waals surface area contributed by atoms with E-state index in [1.54, 1.807) is 0 Å². The van der Waals surface area contributed by atoms with Gasteiger partial charge in [-0.1, -0.05) is 0 Å². The molecule has 2 saturated heterocycles. The molecule has 152 valence electrons. The summed E-state index contributed by atoms with van der Waals surface area (Å²) in [6.07, 6.45) is -10.7. The molecule has 0 aliphatic carbocycles. The molecular formula is C14H14F6N2O5. The summed E-state index contributed by atoms with van der Waals surface area (Å²) < 4.78 is 79.6. The summed E-state index contributed by atoms with van der Waals surface area (Å²) in [5.74, 6) is -7.49. The van der Waals surface area contributed by atoms with Crippen LogP contribution in [0.3, 0.4) is 0 Å². The maximum atomic E-state index is 12.5. The Balaban J connectivity index is 2.05. The molecule has 27 heavy (non-hydrogen) atoms. The van der Waals surface area contributed by atoms with Gasteiger partial charge in [-0.05, 0) is 25.7 Å². The molecule has 13 heteroatoms. The van der Waals surface area contributed by atoms with Crippen LogP contribution in [0.2, 0.25) is 0 Å². The smallest absolute Gasteiger partial charge is 0.390 e.